The van der Waals surface area contributed by atoms with E-state index >= 15 is 0 Å². The Kier molecular flexibility index (Phi) is 5.89. The van der Waals surface area contributed by atoms with E-state index in [-0.39, 0.29) is 0 Å². The van der Waals surface area contributed by atoms with Crippen molar-refractivity contribution < 1.29 is 14.3 Å². The van der Waals surface area contributed by atoms with Gasteiger partial charge in [-0.2, -0.15) is 0 Å². The minimum Gasteiger partial charge on any atom is -0.489 e. The molecule has 0 spiro atoms. The van der Waals surface area contributed by atoms with Crippen molar-refractivity contribution in [3.8, 4) is 11.5 Å². The molecule has 3 nitrogen and oxygen atoms in total. The van der Waals surface area contributed by atoms with Crippen LogP contribution < -0.4 is 9.47 Å². The Morgan fingerprint density at radius 1 is 0.917 bits per heavy atom. The van der Waals surface area contributed by atoms with Gasteiger partial charge < -0.3 is 9.47 Å². The van der Waals surface area contributed by atoms with E-state index in [0.717, 1.165) is 11.8 Å². The molecule has 3 heteroatoms. The van der Waals surface area contributed by atoms with Crippen LogP contribution in [0.15, 0.2) is 48.5 Å². The minimum absolute atomic E-state index is 0.422. The fraction of sp³-hybridized carbons (Fsp3) is 0.381. The number of benzene rings is 2. The fourth-order valence-electron chi connectivity index (χ4n) is 3.18. The van der Waals surface area contributed by atoms with Gasteiger partial charge in [-0.05, 0) is 36.5 Å². The smallest absolute Gasteiger partial charge is 0.172 e. The lowest BCUT2D eigenvalue weighted by Crippen LogP contribution is -2.15. The zero-order valence-corrected chi connectivity index (χ0v) is 13.9. The highest BCUT2D eigenvalue weighted by molar-refractivity contribution is 5.81. The molecule has 2 aromatic rings. The highest BCUT2D eigenvalue weighted by Gasteiger charge is 2.16. The average molecular weight is 324 g/mol. The number of hydrogen-bond acceptors (Lipinski definition) is 3. The van der Waals surface area contributed by atoms with Gasteiger partial charge in [0.25, 0.3) is 0 Å². The monoisotopic (exact) mass is 324 g/mol. The molecule has 0 saturated heterocycles. The second kappa shape index (κ2) is 8.53. The minimum atomic E-state index is 0.422. The Balaban J connectivity index is 1.69. The SMILES string of the molecule is O=Cc1cccc(OCC2CCCCC2)c1OCc1ccccc1. The zero-order chi connectivity index (χ0) is 16.6. The Hall–Kier alpha value is -2.29. The molecule has 1 fully saturated rings. The predicted octanol–water partition coefficient (Wildman–Crippen LogP) is 5.04. The highest BCUT2D eigenvalue weighted by atomic mass is 16.5. The summed E-state index contributed by atoms with van der Waals surface area (Å²) in [5.41, 5.74) is 1.60. The summed E-state index contributed by atoms with van der Waals surface area (Å²) >= 11 is 0. The molecule has 1 aliphatic rings. The molecule has 0 aliphatic heterocycles. The summed E-state index contributed by atoms with van der Waals surface area (Å²) in [4.78, 5) is 11.4. The van der Waals surface area contributed by atoms with Crippen LogP contribution in [0.1, 0.15) is 48.0 Å². The van der Waals surface area contributed by atoms with Gasteiger partial charge in [-0.1, -0.05) is 55.7 Å². The van der Waals surface area contributed by atoms with E-state index in [9.17, 15) is 4.79 Å². The van der Waals surface area contributed by atoms with Crippen molar-refractivity contribution in [2.45, 2.75) is 38.7 Å². The Bertz CT molecular complexity index is 645. The van der Waals surface area contributed by atoms with Crippen molar-refractivity contribution in [2.24, 2.45) is 5.92 Å². The van der Waals surface area contributed by atoms with E-state index in [4.69, 9.17) is 9.47 Å². The van der Waals surface area contributed by atoms with Gasteiger partial charge in [0.15, 0.2) is 17.8 Å². The molecule has 126 valence electrons. The van der Waals surface area contributed by atoms with Crippen LogP contribution in [0.5, 0.6) is 11.5 Å². The lowest BCUT2D eigenvalue weighted by Gasteiger charge is -2.22. The number of ether oxygens (including phenoxy) is 2. The lowest BCUT2D eigenvalue weighted by atomic mass is 9.90. The van der Waals surface area contributed by atoms with Gasteiger partial charge in [0, 0.05) is 0 Å². The molecule has 3 rings (SSSR count). The molecule has 0 amide bonds. The first-order chi connectivity index (χ1) is 11.9. The third-order valence-corrected chi connectivity index (χ3v) is 4.56. The van der Waals surface area contributed by atoms with E-state index in [1.165, 1.54) is 32.1 Å². The van der Waals surface area contributed by atoms with Crippen LogP contribution in [0.4, 0.5) is 0 Å². The van der Waals surface area contributed by atoms with Crippen LogP contribution in [-0.4, -0.2) is 12.9 Å². The first-order valence-electron chi connectivity index (χ1n) is 8.74. The van der Waals surface area contributed by atoms with Gasteiger partial charge in [0.05, 0.1) is 12.2 Å². The normalized spacial score (nSPS) is 15.0. The molecule has 24 heavy (non-hydrogen) atoms. The number of hydrogen-bond donors (Lipinski definition) is 0. The quantitative estimate of drug-likeness (QED) is 0.670. The Labute approximate surface area is 143 Å². The van der Waals surface area contributed by atoms with Gasteiger partial charge in [0.2, 0.25) is 0 Å². The second-order valence-corrected chi connectivity index (χ2v) is 6.38. The number of carbonyl (C=O) groups is 1. The number of carbonyl (C=O) groups excluding carboxylic acids is 1. The molecule has 1 saturated carbocycles. The molecular formula is C21H24O3. The Morgan fingerprint density at radius 3 is 2.46 bits per heavy atom. The van der Waals surface area contributed by atoms with E-state index < -0.39 is 0 Å². The van der Waals surface area contributed by atoms with Crippen molar-refractivity contribution in [2.75, 3.05) is 6.61 Å². The van der Waals surface area contributed by atoms with E-state index in [1.807, 2.05) is 42.5 Å². The molecule has 0 N–H and O–H groups in total. The van der Waals surface area contributed by atoms with Crippen LogP contribution in [-0.2, 0) is 6.61 Å². The van der Waals surface area contributed by atoms with Crippen LogP contribution in [0, 0.1) is 5.92 Å². The lowest BCUT2D eigenvalue weighted by molar-refractivity contribution is 0.111. The molecule has 0 aromatic heterocycles. The summed E-state index contributed by atoms with van der Waals surface area (Å²) in [5, 5.41) is 0. The summed E-state index contributed by atoms with van der Waals surface area (Å²) < 4.78 is 12.0. The summed E-state index contributed by atoms with van der Waals surface area (Å²) in [6, 6.07) is 15.4. The first-order valence-corrected chi connectivity index (χ1v) is 8.74. The standard InChI is InChI=1S/C21H24O3/c22-14-19-12-7-13-20(23-15-17-8-3-1-4-9-17)21(19)24-16-18-10-5-2-6-11-18/h2,5-7,10-14,17H,1,3-4,8-9,15-16H2. The third-order valence-electron chi connectivity index (χ3n) is 4.56. The van der Waals surface area contributed by atoms with Crippen LogP contribution in [0.2, 0.25) is 0 Å². The number of para-hydroxylation sites is 1. The molecule has 0 heterocycles. The summed E-state index contributed by atoms with van der Waals surface area (Å²) in [7, 11) is 0. The van der Waals surface area contributed by atoms with Gasteiger partial charge >= 0.3 is 0 Å². The van der Waals surface area contributed by atoms with E-state index in [2.05, 4.69) is 0 Å². The van der Waals surface area contributed by atoms with Gasteiger partial charge in [0.1, 0.15) is 6.61 Å². The average Bonchev–Trinajstić information content (AvgIpc) is 2.66. The molecule has 1 aliphatic carbocycles. The second-order valence-electron chi connectivity index (χ2n) is 6.38. The highest BCUT2D eigenvalue weighted by Crippen LogP contribution is 2.33. The van der Waals surface area contributed by atoms with Crippen LogP contribution >= 0.6 is 0 Å². The third kappa shape index (κ3) is 4.38. The van der Waals surface area contributed by atoms with Gasteiger partial charge in [-0.3, -0.25) is 4.79 Å². The maximum atomic E-state index is 11.4. The molecule has 0 radical (unpaired) electrons. The fourth-order valence-corrected chi connectivity index (χ4v) is 3.18. The molecule has 0 bridgehead atoms. The largest absolute Gasteiger partial charge is 0.489 e. The van der Waals surface area contributed by atoms with Crippen molar-refractivity contribution >= 4 is 6.29 Å². The summed E-state index contributed by atoms with van der Waals surface area (Å²) in [5.74, 6) is 1.83. The molecule has 0 atom stereocenters. The van der Waals surface area contributed by atoms with Crippen molar-refractivity contribution in [1.82, 2.24) is 0 Å². The van der Waals surface area contributed by atoms with Crippen LogP contribution in [0.25, 0.3) is 0 Å². The van der Waals surface area contributed by atoms with Crippen molar-refractivity contribution in [1.29, 1.82) is 0 Å². The van der Waals surface area contributed by atoms with E-state index in [0.29, 0.717) is 36.2 Å². The van der Waals surface area contributed by atoms with Crippen LogP contribution in [0.3, 0.4) is 0 Å². The maximum Gasteiger partial charge on any atom is 0.172 e. The molecular weight excluding hydrogens is 300 g/mol. The topological polar surface area (TPSA) is 35.5 Å². The summed E-state index contributed by atoms with van der Waals surface area (Å²) in [6.07, 6.45) is 7.21. The van der Waals surface area contributed by atoms with Gasteiger partial charge in [-0.25, -0.2) is 0 Å². The predicted molar refractivity (Wildman–Crippen MR) is 94.7 cm³/mol. The maximum absolute atomic E-state index is 11.4. The summed E-state index contributed by atoms with van der Waals surface area (Å²) in [6.45, 7) is 1.12. The zero-order valence-electron chi connectivity index (χ0n) is 13.9. The van der Waals surface area contributed by atoms with Gasteiger partial charge in [-0.15, -0.1) is 0 Å². The van der Waals surface area contributed by atoms with E-state index in [1.54, 1.807) is 6.07 Å². The van der Waals surface area contributed by atoms with Crippen molar-refractivity contribution in [3.63, 3.8) is 0 Å². The molecule has 0 unspecified atom stereocenters. The number of aldehydes is 1. The molecule has 2 aromatic carbocycles. The number of rotatable bonds is 7. The first kappa shape index (κ1) is 16.6. The van der Waals surface area contributed by atoms with Crippen molar-refractivity contribution in [3.05, 3.63) is 59.7 Å². The Morgan fingerprint density at radius 2 is 1.71 bits per heavy atom.